The summed E-state index contributed by atoms with van der Waals surface area (Å²) < 4.78 is 0. The van der Waals surface area contributed by atoms with Crippen LogP contribution in [0.15, 0.2) is 23.2 Å². The van der Waals surface area contributed by atoms with Crippen LogP contribution in [0.5, 0.6) is 0 Å². The van der Waals surface area contributed by atoms with Crippen molar-refractivity contribution < 1.29 is 9.90 Å². The van der Waals surface area contributed by atoms with Crippen molar-refractivity contribution in [2.24, 2.45) is 10.4 Å². The maximum absolute atomic E-state index is 12.2. The summed E-state index contributed by atoms with van der Waals surface area (Å²) in [5, 5.41) is 19.1. The fourth-order valence-electron chi connectivity index (χ4n) is 2.96. The van der Waals surface area contributed by atoms with Gasteiger partial charge in [0.1, 0.15) is 0 Å². The van der Waals surface area contributed by atoms with E-state index in [0.717, 1.165) is 31.4 Å². The van der Waals surface area contributed by atoms with E-state index in [0.29, 0.717) is 36.2 Å². The van der Waals surface area contributed by atoms with Crippen LogP contribution in [0.2, 0.25) is 5.02 Å². The van der Waals surface area contributed by atoms with Gasteiger partial charge < -0.3 is 21.1 Å². The highest BCUT2D eigenvalue weighted by Gasteiger charge is 2.25. The molecule has 0 aliphatic rings. The van der Waals surface area contributed by atoms with Gasteiger partial charge in [-0.05, 0) is 56.2 Å². The van der Waals surface area contributed by atoms with Crippen LogP contribution >= 0.6 is 35.6 Å². The third-order valence-corrected chi connectivity index (χ3v) is 5.41. The number of amides is 1. The first-order valence-corrected chi connectivity index (χ1v) is 10.5. The fraction of sp³-hybridized carbons (Fsp3) is 0.619. The Bertz CT molecular complexity index is 652. The van der Waals surface area contributed by atoms with Crippen LogP contribution in [0.3, 0.4) is 0 Å². The molecular formula is C21H36ClIN4O2. The highest BCUT2D eigenvalue weighted by Crippen LogP contribution is 2.30. The summed E-state index contributed by atoms with van der Waals surface area (Å²) in [6, 6.07) is 5.55. The first-order chi connectivity index (χ1) is 13.4. The molecule has 1 aromatic carbocycles. The van der Waals surface area contributed by atoms with Crippen molar-refractivity contribution in [3.63, 3.8) is 0 Å². The Morgan fingerprint density at radius 3 is 2.45 bits per heavy atom. The van der Waals surface area contributed by atoms with Crippen molar-refractivity contribution in [3.05, 3.63) is 28.8 Å². The number of aryl methyl sites for hydroxylation is 1. The normalized spacial score (nSPS) is 11.6. The van der Waals surface area contributed by atoms with Crippen LogP contribution in [-0.4, -0.2) is 43.2 Å². The van der Waals surface area contributed by atoms with E-state index >= 15 is 0 Å². The summed E-state index contributed by atoms with van der Waals surface area (Å²) in [5.41, 5.74) is 1.68. The lowest BCUT2D eigenvalue weighted by Gasteiger charge is -2.29. The first kappa shape index (κ1) is 27.9. The van der Waals surface area contributed by atoms with Crippen molar-refractivity contribution in [1.29, 1.82) is 0 Å². The summed E-state index contributed by atoms with van der Waals surface area (Å²) in [7, 11) is 0. The van der Waals surface area contributed by atoms with Crippen LogP contribution < -0.4 is 16.0 Å². The van der Waals surface area contributed by atoms with Crippen molar-refractivity contribution in [1.82, 2.24) is 10.6 Å². The molecule has 0 radical (unpaired) electrons. The second-order valence-corrected chi connectivity index (χ2v) is 7.49. The third-order valence-electron chi connectivity index (χ3n) is 5.10. The van der Waals surface area contributed by atoms with Crippen molar-refractivity contribution >= 4 is 53.1 Å². The number of nitrogens with zero attached hydrogens (tertiary/aromatic N) is 1. The molecule has 4 N–H and O–H groups in total. The number of guanidine groups is 1. The van der Waals surface area contributed by atoms with Gasteiger partial charge in [0.05, 0.1) is 10.7 Å². The number of aliphatic imine (C=N–C) groups is 1. The standard InChI is InChI=1S/C21H35ClN4O2.HI/c1-5-21(6-2,11-13-27)15-25-20(23-7-3)24-12-10-19(28)26-18-9-8-16(4)14-17(18)22;/h8-9,14,27H,5-7,10-13,15H2,1-4H3,(H,26,28)(H2,23,24,25);1H. The van der Waals surface area contributed by atoms with E-state index in [1.165, 1.54) is 0 Å². The monoisotopic (exact) mass is 538 g/mol. The predicted molar refractivity (Wildman–Crippen MR) is 134 cm³/mol. The molecule has 1 amide bonds. The minimum atomic E-state index is -0.106. The third kappa shape index (κ3) is 10.00. The molecule has 8 heteroatoms. The van der Waals surface area contributed by atoms with Gasteiger partial charge in [0.25, 0.3) is 0 Å². The van der Waals surface area contributed by atoms with Gasteiger partial charge in [-0.1, -0.05) is 31.5 Å². The molecule has 0 heterocycles. The zero-order valence-corrected chi connectivity index (χ0v) is 21.1. The molecule has 0 spiro atoms. The smallest absolute Gasteiger partial charge is 0.226 e. The molecule has 0 aliphatic heterocycles. The maximum Gasteiger partial charge on any atom is 0.226 e. The molecule has 1 rings (SSSR count). The van der Waals surface area contributed by atoms with Gasteiger partial charge in [0, 0.05) is 32.7 Å². The van der Waals surface area contributed by atoms with Crippen LogP contribution in [0.25, 0.3) is 0 Å². The van der Waals surface area contributed by atoms with Crippen LogP contribution in [0, 0.1) is 12.3 Å². The Morgan fingerprint density at radius 2 is 1.90 bits per heavy atom. The molecule has 0 fully saturated rings. The molecule has 0 aliphatic carbocycles. The van der Waals surface area contributed by atoms with E-state index in [1.54, 1.807) is 0 Å². The molecule has 1 aromatic rings. The van der Waals surface area contributed by atoms with E-state index in [2.05, 4.69) is 34.8 Å². The molecule has 29 heavy (non-hydrogen) atoms. The average molecular weight is 539 g/mol. The number of hydrogen-bond donors (Lipinski definition) is 4. The molecule has 166 valence electrons. The van der Waals surface area contributed by atoms with Crippen LogP contribution in [0.4, 0.5) is 5.69 Å². The first-order valence-electron chi connectivity index (χ1n) is 10.1. The summed E-state index contributed by atoms with van der Waals surface area (Å²) in [6.07, 6.45) is 2.97. The molecule has 0 aromatic heterocycles. The lowest BCUT2D eigenvalue weighted by molar-refractivity contribution is -0.116. The Kier molecular flexibility index (Phi) is 14.3. The molecule has 0 atom stereocenters. The highest BCUT2D eigenvalue weighted by atomic mass is 127. The Labute approximate surface area is 197 Å². The SMILES string of the molecule is CCNC(=NCC(CC)(CC)CCO)NCCC(=O)Nc1ccc(C)cc1Cl.I. The number of rotatable bonds is 11. The zero-order valence-electron chi connectivity index (χ0n) is 18.0. The molecular weight excluding hydrogens is 503 g/mol. The number of nitrogens with one attached hydrogen (secondary N) is 3. The summed E-state index contributed by atoms with van der Waals surface area (Å²) in [4.78, 5) is 16.9. The quantitative estimate of drug-likeness (QED) is 0.192. The average Bonchev–Trinajstić information content (AvgIpc) is 2.67. The minimum absolute atomic E-state index is 0. The largest absolute Gasteiger partial charge is 0.396 e. The predicted octanol–water partition coefficient (Wildman–Crippen LogP) is 4.34. The number of aliphatic hydroxyl groups is 1. The molecule has 0 unspecified atom stereocenters. The number of carbonyl (C=O) groups excluding carboxylic acids is 1. The lowest BCUT2D eigenvalue weighted by atomic mass is 9.79. The van der Waals surface area contributed by atoms with Gasteiger partial charge >= 0.3 is 0 Å². The van der Waals surface area contributed by atoms with E-state index in [-0.39, 0.29) is 41.9 Å². The van der Waals surface area contributed by atoms with Crippen LogP contribution in [-0.2, 0) is 4.79 Å². The number of halogens is 2. The molecule has 0 saturated carbocycles. The minimum Gasteiger partial charge on any atom is -0.396 e. The van der Waals surface area contributed by atoms with E-state index in [9.17, 15) is 9.90 Å². The molecule has 0 bridgehead atoms. The summed E-state index contributed by atoms with van der Waals surface area (Å²) >= 11 is 6.16. The topological polar surface area (TPSA) is 85.8 Å². The van der Waals surface area contributed by atoms with E-state index < -0.39 is 0 Å². The Balaban J connectivity index is 0.00000784. The van der Waals surface area contributed by atoms with E-state index in [4.69, 9.17) is 11.6 Å². The number of carbonyl (C=O) groups is 1. The molecule has 6 nitrogen and oxygen atoms in total. The fourth-order valence-corrected chi connectivity index (χ4v) is 3.24. The van der Waals surface area contributed by atoms with E-state index in [1.807, 2.05) is 32.0 Å². The summed E-state index contributed by atoms with van der Waals surface area (Å²) in [6.45, 7) is 10.2. The van der Waals surface area contributed by atoms with Crippen LogP contribution in [0.1, 0.15) is 52.0 Å². The number of aliphatic hydroxyl groups excluding tert-OH is 1. The van der Waals surface area contributed by atoms with Crippen molar-refractivity contribution in [3.8, 4) is 0 Å². The Hall–Kier alpha value is -1.06. The van der Waals surface area contributed by atoms with Gasteiger partial charge in [-0.15, -0.1) is 24.0 Å². The second-order valence-electron chi connectivity index (χ2n) is 7.08. The summed E-state index contributed by atoms with van der Waals surface area (Å²) in [5.74, 6) is 0.582. The van der Waals surface area contributed by atoms with Crippen molar-refractivity contribution in [2.45, 2.75) is 53.4 Å². The van der Waals surface area contributed by atoms with Gasteiger partial charge in [-0.2, -0.15) is 0 Å². The number of hydrogen-bond acceptors (Lipinski definition) is 3. The second kappa shape index (κ2) is 14.8. The maximum atomic E-state index is 12.2. The van der Waals surface area contributed by atoms with Gasteiger partial charge in [-0.25, -0.2) is 0 Å². The van der Waals surface area contributed by atoms with Gasteiger partial charge in [0.2, 0.25) is 5.91 Å². The number of benzene rings is 1. The lowest BCUT2D eigenvalue weighted by Crippen LogP contribution is -2.40. The highest BCUT2D eigenvalue weighted by molar-refractivity contribution is 14.0. The van der Waals surface area contributed by atoms with Crippen molar-refractivity contribution in [2.75, 3.05) is 31.6 Å². The molecule has 0 saturated heterocycles. The Morgan fingerprint density at radius 1 is 1.21 bits per heavy atom. The van der Waals surface area contributed by atoms with Gasteiger partial charge in [-0.3, -0.25) is 9.79 Å². The number of anilines is 1. The van der Waals surface area contributed by atoms with Gasteiger partial charge in [0.15, 0.2) is 5.96 Å². The zero-order chi connectivity index (χ0) is 21.0.